The van der Waals surface area contributed by atoms with E-state index in [1.54, 1.807) is 6.07 Å². The highest BCUT2D eigenvalue weighted by Crippen LogP contribution is 2.29. The molecule has 0 aliphatic heterocycles. The van der Waals surface area contributed by atoms with Crippen molar-refractivity contribution in [3.05, 3.63) is 46.0 Å². The zero-order valence-electron chi connectivity index (χ0n) is 10.8. The van der Waals surface area contributed by atoms with Gasteiger partial charge >= 0.3 is 0 Å². The molecule has 1 atom stereocenters. The van der Waals surface area contributed by atoms with Crippen LogP contribution in [0.25, 0.3) is 0 Å². The summed E-state index contributed by atoms with van der Waals surface area (Å²) in [6.07, 6.45) is 0.713. The zero-order chi connectivity index (χ0) is 13.8. The Bertz CT molecular complexity index is 557. The lowest BCUT2D eigenvalue weighted by Gasteiger charge is -2.18. The van der Waals surface area contributed by atoms with E-state index in [1.165, 1.54) is 17.6 Å². The molecule has 6 heteroatoms. The number of rotatable bonds is 5. The SMILES string of the molecule is CCNC(c1cccc(F)c1F)c1snnc1CC. The van der Waals surface area contributed by atoms with Crippen LogP contribution in [-0.2, 0) is 6.42 Å². The van der Waals surface area contributed by atoms with Crippen molar-refractivity contribution in [2.24, 2.45) is 0 Å². The summed E-state index contributed by atoms with van der Waals surface area (Å²) in [5, 5.41) is 7.20. The number of aromatic nitrogens is 2. The van der Waals surface area contributed by atoms with Crippen LogP contribution in [0.3, 0.4) is 0 Å². The summed E-state index contributed by atoms with van der Waals surface area (Å²) in [6.45, 7) is 4.52. The maximum Gasteiger partial charge on any atom is 0.163 e. The van der Waals surface area contributed by atoms with E-state index in [-0.39, 0.29) is 0 Å². The van der Waals surface area contributed by atoms with Gasteiger partial charge in [0, 0.05) is 5.56 Å². The molecule has 1 unspecified atom stereocenters. The first-order valence-electron chi connectivity index (χ1n) is 6.17. The fourth-order valence-electron chi connectivity index (χ4n) is 1.97. The lowest BCUT2D eigenvalue weighted by molar-refractivity contribution is 0.483. The summed E-state index contributed by atoms with van der Waals surface area (Å²) in [7, 11) is 0. The van der Waals surface area contributed by atoms with E-state index >= 15 is 0 Å². The first-order valence-corrected chi connectivity index (χ1v) is 6.94. The predicted octanol–water partition coefficient (Wildman–Crippen LogP) is 3.08. The van der Waals surface area contributed by atoms with Gasteiger partial charge in [-0.25, -0.2) is 8.78 Å². The molecule has 1 N–H and O–H groups in total. The van der Waals surface area contributed by atoms with Crippen LogP contribution in [0.2, 0.25) is 0 Å². The van der Waals surface area contributed by atoms with Crippen molar-refractivity contribution in [1.82, 2.24) is 14.9 Å². The smallest absolute Gasteiger partial charge is 0.163 e. The van der Waals surface area contributed by atoms with E-state index in [2.05, 4.69) is 14.9 Å². The number of nitrogens with zero attached hydrogens (tertiary/aromatic N) is 2. The molecule has 1 heterocycles. The van der Waals surface area contributed by atoms with Gasteiger partial charge in [0.05, 0.1) is 16.6 Å². The van der Waals surface area contributed by atoms with Crippen LogP contribution in [0.15, 0.2) is 18.2 Å². The fraction of sp³-hybridized carbons (Fsp3) is 0.385. The number of aryl methyl sites for hydroxylation is 1. The molecule has 0 radical (unpaired) electrons. The highest BCUT2D eigenvalue weighted by Gasteiger charge is 2.23. The molecule has 2 aromatic rings. The Hall–Kier alpha value is -1.40. The van der Waals surface area contributed by atoms with Gasteiger partial charge in [0.15, 0.2) is 11.6 Å². The molecule has 0 saturated heterocycles. The topological polar surface area (TPSA) is 37.8 Å². The summed E-state index contributed by atoms with van der Waals surface area (Å²) in [6, 6.07) is 3.81. The summed E-state index contributed by atoms with van der Waals surface area (Å²) in [5.41, 5.74) is 1.11. The second-order valence-corrected chi connectivity index (χ2v) is 4.86. The number of nitrogens with one attached hydrogen (secondary N) is 1. The van der Waals surface area contributed by atoms with Gasteiger partial charge in [-0.3, -0.25) is 0 Å². The van der Waals surface area contributed by atoms with Crippen LogP contribution in [0.1, 0.15) is 36.0 Å². The summed E-state index contributed by atoms with van der Waals surface area (Å²) in [5.74, 6) is -1.65. The molecule has 1 aromatic heterocycles. The molecular weight excluding hydrogens is 268 g/mol. The first kappa shape index (κ1) is 14.0. The van der Waals surface area contributed by atoms with Crippen molar-refractivity contribution in [2.45, 2.75) is 26.3 Å². The number of hydrogen-bond acceptors (Lipinski definition) is 4. The quantitative estimate of drug-likeness (QED) is 0.916. The Labute approximate surface area is 114 Å². The molecule has 102 valence electrons. The summed E-state index contributed by atoms with van der Waals surface area (Å²) >= 11 is 1.22. The van der Waals surface area contributed by atoms with Crippen molar-refractivity contribution >= 4 is 11.5 Å². The van der Waals surface area contributed by atoms with Crippen LogP contribution < -0.4 is 5.32 Å². The molecule has 0 bridgehead atoms. The zero-order valence-corrected chi connectivity index (χ0v) is 11.6. The van der Waals surface area contributed by atoms with E-state index in [1.807, 2.05) is 13.8 Å². The van der Waals surface area contributed by atoms with Crippen LogP contribution in [0.4, 0.5) is 8.78 Å². The molecule has 1 aromatic carbocycles. The van der Waals surface area contributed by atoms with E-state index in [0.717, 1.165) is 16.6 Å². The van der Waals surface area contributed by atoms with Crippen LogP contribution >= 0.6 is 11.5 Å². The van der Waals surface area contributed by atoms with Gasteiger partial charge in [-0.15, -0.1) is 5.10 Å². The number of halogens is 2. The van der Waals surface area contributed by atoms with Gasteiger partial charge in [0.2, 0.25) is 0 Å². The Morgan fingerprint density at radius 1 is 1.32 bits per heavy atom. The first-order chi connectivity index (χ1) is 9.19. The molecule has 0 spiro atoms. The highest BCUT2D eigenvalue weighted by atomic mass is 32.1. The van der Waals surface area contributed by atoms with E-state index in [4.69, 9.17) is 0 Å². The Morgan fingerprint density at radius 2 is 2.11 bits per heavy atom. The second kappa shape index (κ2) is 6.16. The minimum atomic E-state index is -0.837. The van der Waals surface area contributed by atoms with Gasteiger partial charge in [-0.05, 0) is 30.6 Å². The molecular formula is C13H15F2N3S. The van der Waals surface area contributed by atoms with Gasteiger partial charge in [-0.2, -0.15) is 0 Å². The van der Waals surface area contributed by atoms with Crippen molar-refractivity contribution in [3.63, 3.8) is 0 Å². The minimum absolute atomic E-state index is 0.294. The highest BCUT2D eigenvalue weighted by molar-refractivity contribution is 7.05. The van der Waals surface area contributed by atoms with Gasteiger partial charge in [0.1, 0.15) is 0 Å². The van der Waals surface area contributed by atoms with Crippen molar-refractivity contribution in [3.8, 4) is 0 Å². The lowest BCUT2D eigenvalue weighted by Crippen LogP contribution is -2.23. The van der Waals surface area contributed by atoms with Crippen LogP contribution in [-0.4, -0.2) is 16.1 Å². The third kappa shape index (κ3) is 2.79. The largest absolute Gasteiger partial charge is 0.306 e. The summed E-state index contributed by atoms with van der Waals surface area (Å²) in [4.78, 5) is 0.842. The Kier molecular flexibility index (Phi) is 4.55. The maximum atomic E-state index is 14.0. The van der Waals surface area contributed by atoms with E-state index < -0.39 is 17.7 Å². The number of benzene rings is 1. The van der Waals surface area contributed by atoms with Crippen molar-refractivity contribution in [1.29, 1.82) is 0 Å². The average molecular weight is 283 g/mol. The molecule has 0 aliphatic carbocycles. The van der Waals surface area contributed by atoms with Crippen molar-refractivity contribution in [2.75, 3.05) is 6.54 Å². The molecule has 0 saturated carbocycles. The van der Waals surface area contributed by atoms with Crippen LogP contribution in [0.5, 0.6) is 0 Å². The maximum absolute atomic E-state index is 14.0. The average Bonchev–Trinajstić information content (AvgIpc) is 2.88. The van der Waals surface area contributed by atoms with E-state index in [9.17, 15) is 8.78 Å². The van der Waals surface area contributed by atoms with Crippen molar-refractivity contribution < 1.29 is 8.78 Å². The number of hydrogen-bond donors (Lipinski definition) is 1. The summed E-state index contributed by atoms with van der Waals surface area (Å²) < 4.78 is 31.2. The molecule has 19 heavy (non-hydrogen) atoms. The minimum Gasteiger partial charge on any atom is -0.306 e. The third-order valence-electron chi connectivity index (χ3n) is 2.88. The second-order valence-electron chi connectivity index (χ2n) is 4.07. The third-order valence-corrected chi connectivity index (χ3v) is 3.71. The predicted molar refractivity (Wildman–Crippen MR) is 71.2 cm³/mol. The standard InChI is InChI=1S/C13H15F2N3S/c1-3-10-13(19-18-17-10)12(16-4-2)8-6-5-7-9(14)11(8)15/h5-7,12,16H,3-4H2,1-2H3. The van der Waals surface area contributed by atoms with Gasteiger partial charge in [-0.1, -0.05) is 30.5 Å². The molecule has 2 rings (SSSR count). The van der Waals surface area contributed by atoms with Crippen LogP contribution in [0, 0.1) is 11.6 Å². The van der Waals surface area contributed by atoms with E-state index in [0.29, 0.717) is 18.5 Å². The van der Waals surface area contributed by atoms with Gasteiger partial charge < -0.3 is 5.32 Å². The lowest BCUT2D eigenvalue weighted by atomic mass is 10.0. The molecule has 3 nitrogen and oxygen atoms in total. The Balaban J connectivity index is 2.48. The molecule has 0 aliphatic rings. The Morgan fingerprint density at radius 3 is 2.79 bits per heavy atom. The normalized spacial score (nSPS) is 12.6. The molecule has 0 amide bonds. The fourth-order valence-corrected chi connectivity index (χ4v) is 2.80. The monoisotopic (exact) mass is 283 g/mol. The van der Waals surface area contributed by atoms with Gasteiger partial charge in [0.25, 0.3) is 0 Å². The molecule has 0 fully saturated rings.